The van der Waals surface area contributed by atoms with Crippen molar-refractivity contribution in [2.75, 3.05) is 46.6 Å². The van der Waals surface area contributed by atoms with Gasteiger partial charge < -0.3 is 14.2 Å². The molecular formula is C27H39NO5. The number of ether oxygens (including phenoxy) is 3. The molecular weight excluding hydrogens is 418 g/mol. The first-order valence-electron chi connectivity index (χ1n) is 13.2. The van der Waals surface area contributed by atoms with Crippen LogP contribution in [-0.4, -0.2) is 63.4 Å². The first kappa shape index (κ1) is 22.3. The van der Waals surface area contributed by atoms with Crippen molar-refractivity contribution in [3.8, 4) is 5.75 Å². The highest BCUT2D eigenvalue weighted by Gasteiger charge is 2.60. The Kier molecular flexibility index (Phi) is 6.39. The van der Waals surface area contributed by atoms with E-state index < -0.39 is 5.79 Å². The van der Waals surface area contributed by atoms with E-state index in [1.54, 1.807) is 0 Å². The first-order valence-corrected chi connectivity index (χ1v) is 13.2. The van der Waals surface area contributed by atoms with E-state index in [9.17, 15) is 0 Å². The molecule has 1 aliphatic heterocycles. The van der Waals surface area contributed by atoms with Crippen LogP contribution in [0.2, 0.25) is 0 Å². The third-order valence-electron chi connectivity index (χ3n) is 9.07. The minimum Gasteiger partial charge on any atom is -0.492 e. The van der Waals surface area contributed by atoms with Crippen molar-refractivity contribution < 1.29 is 24.0 Å². The second-order valence-electron chi connectivity index (χ2n) is 11.0. The maximum absolute atomic E-state index is 6.30. The largest absolute Gasteiger partial charge is 0.492 e. The van der Waals surface area contributed by atoms with Gasteiger partial charge in [-0.2, -0.15) is 0 Å². The molecule has 4 saturated carbocycles. The van der Waals surface area contributed by atoms with Crippen LogP contribution in [0.1, 0.15) is 49.7 Å². The molecule has 1 aromatic rings. The van der Waals surface area contributed by atoms with Crippen molar-refractivity contribution in [2.45, 2.75) is 63.3 Å². The molecule has 1 heterocycles. The predicted octanol–water partition coefficient (Wildman–Crippen LogP) is 4.00. The number of fused-ring (bicyclic) bond motifs is 1. The molecule has 6 nitrogen and oxygen atoms in total. The summed E-state index contributed by atoms with van der Waals surface area (Å²) in [6.45, 7) is 5.34. The van der Waals surface area contributed by atoms with Gasteiger partial charge in [0.15, 0.2) is 0 Å². The number of nitrogens with zero attached hydrogens (tertiary/aromatic N) is 1. The molecule has 1 atom stereocenters. The van der Waals surface area contributed by atoms with Crippen molar-refractivity contribution in [3.63, 3.8) is 0 Å². The lowest BCUT2D eigenvalue weighted by Gasteiger charge is -2.58. The molecule has 6 heteroatoms. The van der Waals surface area contributed by atoms with Crippen molar-refractivity contribution in [2.24, 2.45) is 23.7 Å². The van der Waals surface area contributed by atoms with E-state index >= 15 is 0 Å². The summed E-state index contributed by atoms with van der Waals surface area (Å²) in [5.41, 5.74) is 2.67. The number of benzene rings is 1. The number of rotatable bonds is 8. The van der Waals surface area contributed by atoms with Crippen LogP contribution >= 0.6 is 0 Å². The lowest BCUT2D eigenvalue weighted by Crippen LogP contribution is -2.60. The average Bonchev–Trinajstić information content (AvgIpc) is 2.84. The lowest BCUT2D eigenvalue weighted by molar-refractivity contribution is -0.484. The van der Waals surface area contributed by atoms with Crippen LogP contribution in [0.5, 0.6) is 5.75 Å². The summed E-state index contributed by atoms with van der Waals surface area (Å²) in [5.74, 6) is 3.24. The molecule has 5 aliphatic carbocycles. The minimum atomic E-state index is -0.530. The fraction of sp³-hybridized carbons (Fsp3) is 0.778. The van der Waals surface area contributed by atoms with Gasteiger partial charge in [-0.3, -0.25) is 4.90 Å². The van der Waals surface area contributed by atoms with Gasteiger partial charge in [0.25, 0.3) is 0 Å². The SMILES string of the molecule is COC1(OO[C@H]2CCc3c(cccc3OCCN3CCOCC3)C2)C2CC3CC(C2)CC1C3. The molecule has 1 aromatic carbocycles. The molecule has 0 N–H and O–H groups in total. The Balaban J connectivity index is 1.05. The van der Waals surface area contributed by atoms with E-state index in [4.69, 9.17) is 24.0 Å². The van der Waals surface area contributed by atoms with E-state index in [2.05, 4.69) is 23.1 Å². The Bertz CT molecular complexity index is 795. The van der Waals surface area contributed by atoms with Crippen molar-refractivity contribution in [1.29, 1.82) is 0 Å². The molecule has 182 valence electrons. The summed E-state index contributed by atoms with van der Waals surface area (Å²) in [7, 11) is 1.82. The van der Waals surface area contributed by atoms with Crippen LogP contribution < -0.4 is 4.74 Å². The van der Waals surface area contributed by atoms with Gasteiger partial charge in [-0.25, -0.2) is 9.78 Å². The van der Waals surface area contributed by atoms with Gasteiger partial charge in [-0.1, -0.05) is 12.1 Å². The summed E-state index contributed by atoms with van der Waals surface area (Å²) in [4.78, 5) is 14.9. The topological polar surface area (TPSA) is 49.4 Å². The highest BCUT2D eigenvalue weighted by Crippen LogP contribution is 2.60. The zero-order valence-corrected chi connectivity index (χ0v) is 20.0. The Labute approximate surface area is 197 Å². The van der Waals surface area contributed by atoms with Gasteiger partial charge in [0.2, 0.25) is 5.79 Å². The van der Waals surface area contributed by atoms with E-state index in [-0.39, 0.29) is 6.10 Å². The minimum absolute atomic E-state index is 0.0744. The molecule has 7 rings (SSSR count). The molecule has 4 bridgehead atoms. The van der Waals surface area contributed by atoms with Crippen molar-refractivity contribution >= 4 is 0 Å². The average molecular weight is 458 g/mol. The van der Waals surface area contributed by atoms with E-state index in [0.29, 0.717) is 11.8 Å². The van der Waals surface area contributed by atoms with E-state index in [0.717, 1.165) is 76.3 Å². The Morgan fingerprint density at radius 2 is 1.79 bits per heavy atom. The zero-order valence-electron chi connectivity index (χ0n) is 20.0. The molecule has 0 spiro atoms. The molecule has 5 fully saturated rings. The van der Waals surface area contributed by atoms with Gasteiger partial charge >= 0.3 is 0 Å². The second-order valence-corrected chi connectivity index (χ2v) is 11.0. The van der Waals surface area contributed by atoms with Gasteiger partial charge in [0, 0.05) is 45.0 Å². The number of methoxy groups -OCH3 is 1. The van der Waals surface area contributed by atoms with Gasteiger partial charge in [0.05, 0.1) is 19.3 Å². The maximum Gasteiger partial charge on any atom is 0.207 e. The van der Waals surface area contributed by atoms with E-state index in [1.165, 1.54) is 43.2 Å². The number of hydrogen-bond acceptors (Lipinski definition) is 6. The summed E-state index contributed by atoms with van der Waals surface area (Å²) in [6.07, 6.45) is 9.24. The van der Waals surface area contributed by atoms with Crippen LogP contribution in [0.15, 0.2) is 18.2 Å². The maximum atomic E-state index is 6.30. The summed E-state index contributed by atoms with van der Waals surface area (Å²) in [6, 6.07) is 6.44. The monoisotopic (exact) mass is 457 g/mol. The molecule has 0 amide bonds. The summed E-state index contributed by atoms with van der Waals surface area (Å²) in [5, 5.41) is 0. The van der Waals surface area contributed by atoms with E-state index in [1.807, 2.05) is 7.11 Å². The van der Waals surface area contributed by atoms with Crippen LogP contribution in [-0.2, 0) is 32.1 Å². The molecule has 0 aromatic heterocycles. The fourth-order valence-corrected chi connectivity index (χ4v) is 7.55. The standard InChI is InChI=1S/C27H39NO5/c1-29-27(22-14-19-13-20(16-22)17-23(27)15-19)33-32-24-5-6-25-21(18-24)3-2-4-26(25)31-12-9-28-7-10-30-11-8-28/h2-4,19-20,22-24H,5-18H2,1H3/t19?,20?,22?,23?,24-,27?/m0/s1. The van der Waals surface area contributed by atoms with Gasteiger partial charge in [-0.05, 0) is 74.0 Å². The van der Waals surface area contributed by atoms with Crippen LogP contribution in [0.25, 0.3) is 0 Å². The zero-order chi connectivity index (χ0) is 22.3. The van der Waals surface area contributed by atoms with Gasteiger partial charge in [-0.15, -0.1) is 0 Å². The highest BCUT2D eigenvalue weighted by atomic mass is 17.2. The molecule has 0 radical (unpaired) electrons. The first-order chi connectivity index (χ1) is 16.2. The smallest absolute Gasteiger partial charge is 0.207 e. The third-order valence-corrected chi connectivity index (χ3v) is 9.07. The van der Waals surface area contributed by atoms with Crippen molar-refractivity contribution in [1.82, 2.24) is 4.90 Å². The Morgan fingerprint density at radius 3 is 2.52 bits per heavy atom. The molecule has 6 aliphatic rings. The lowest BCUT2D eigenvalue weighted by atomic mass is 9.53. The molecule has 33 heavy (non-hydrogen) atoms. The Morgan fingerprint density at radius 1 is 1.03 bits per heavy atom. The number of morpholine rings is 1. The van der Waals surface area contributed by atoms with Crippen molar-refractivity contribution in [3.05, 3.63) is 29.3 Å². The van der Waals surface area contributed by atoms with Crippen LogP contribution in [0.3, 0.4) is 0 Å². The molecule has 1 saturated heterocycles. The quantitative estimate of drug-likeness (QED) is 0.334. The number of hydrogen-bond donors (Lipinski definition) is 0. The third kappa shape index (κ3) is 4.34. The van der Waals surface area contributed by atoms with Crippen LogP contribution in [0, 0.1) is 23.7 Å². The molecule has 0 unspecified atom stereocenters. The van der Waals surface area contributed by atoms with Crippen LogP contribution in [0.4, 0.5) is 0 Å². The fourth-order valence-electron chi connectivity index (χ4n) is 7.55. The second kappa shape index (κ2) is 9.46. The predicted molar refractivity (Wildman–Crippen MR) is 124 cm³/mol. The Hall–Kier alpha value is -1.18. The highest BCUT2D eigenvalue weighted by molar-refractivity contribution is 5.42. The summed E-state index contributed by atoms with van der Waals surface area (Å²) >= 11 is 0. The summed E-state index contributed by atoms with van der Waals surface area (Å²) < 4.78 is 17.8. The normalized spacial score (nSPS) is 37.8. The van der Waals surface area contributed by atoms with Gasteiger partial charge in [0.1, 0.15) is 12.4 Å².